The molecular formula is C24H21ClN4O2S. The summed E-state index contributed by atoms with van der Waals surface area (Å²) in [5.74, 6) is 0.619. The smallest absolute Gasteiger partial charge is 0.254 e. The Kier molecular flexibility index (Phi) is 7.19. The van der Waals surface area contributed by atoms with Gasteiger partial charge in [0.25, 0.3) is 5.91 Å². The molecular weight excluding hydrogens is 444 g/mol. The lowest BCUT2D eigenvalue weighted by Crippen LogP contribution is -2.31. The summed E-state index contributed by atoms with van der Waals surface area (Å²) in [6.45, 7) is 2.83. The van der Waals surface area contributed by atoms with E-state index in [0.29, 0.717) is 34.5 Å². The van der Waals surface area contributed by atoms with E-state index in [9.17, 15) is 4.79 Å². The molecule has 0 fully saturated rings. The topological polar surface area (TPSA) is 72.1 Å². The van der Waals surface area contributed by atoms with Crippen LogP contribution in [0, 0.1) is 0 Å². The van der Waals surface area contributed by atoms with Crippen molar-refractivity contribution in [2.24, 2.45) is 0 Å². The second-order valence-corrected chi connectivity index (χ2v) is 8.50. The Bertz CT molecular complexity index is 1180. The Morgan fingerprint density at radius 3 is 2.53 bits per heavy atom. The van der Waals surface area contributed by atoms with Gasteiger partial charge < -0.3 is 9.32 Å². The quantitative estimate of drug-likeness (QED) is 0.319. The standard InChI is InChI=1S/C24H21ClN4O2S/c1-2-15-29(16-21-27-28-23(31-21)19-7-3-4-8-20(19)25)24(30)17-10-12-18(13-11-17)32-22-9-5-6-14-26-22/h3-14H,2,15-16H2,1H3. The molecule has 162 valence electrons. The van der Waals surface area contributed by atoms with Crippen molar-refractivity contribution in [2.75, 3.05) is 6.54 Å². The van der Waals surface area contributed by atoms with E-state index in [1.54, 1.807) is 28.9 Å². The van der Waals surface area contributed by atoms with Crippen LogP contribution in [0.1, 0.15) is 29.6 Å². The van der Waals surface area contributed by atoms with E-state index in [0.717, 1.165) is 16.3 Å². The molecule has 0 unspecified atom stereocenters. The zero-order valence-electron chi connectivity index (χ0n) is 17.4. The van der Waals surface area contributed by atoms with Gasteiger partial charge in [-0.25, -0.2) is 4.98 Å². The van der Waals surface area contributed by atoms with Gasteiger partial charge in [-0.15, -0.1) is 10.2 Å². The molecule has 0 radical (unpaired) electrons. The van der Waals surface area contributed by atoms with Crippen LogP contribution in [0.5, 0.6) is 0 Å². The van der Waals surface area contributed by atoms with E-state index in [1.807, 2.05) is 67.6 Å². The van der Waals surface area contributed by atoms with Gasteiger partial charge in [0.15, 0.2) is 0 Å². The van der Waals surface area contributed by atoms with Crippen molar-refractivity contribution in [3.05, 3.63) is 89.4 Å². The lowest BCUT2D eigenvalue weighted by molar-refractivity contribution is 0.0728. The summed E-state index contributed by atoms with van der Waals surface area (Å²) >= 11 is 7.77. The molecule has 2 heterocycles. The van der Waals surface area contributed by atoms with E-state index >= 15 is 0 Å². The summed E-state index contributed by atoms with van der Waals surface area (Å²) in [6.07, 6.45) is 2.57. The van der Waals surface area contributed by atoms with Gasteiger partial charge in [0.2, 0.25) is 11.8 Å². The Morgan fingerprint density at radius 1 is 1.03 bits per heavy atom. The summed E-state index contributed by atoms with van der Waals surface area (Å²) in [7, 11) is 0. The molecule has 0 saturated carbocycles. The Labute approximate surface area is 195 Å². The first-order chi connectivity index (χ1) is 15.6. The third kappa shape index (κ3) is 5.36. The number of pyridine rings is 1. The largest absolute Gasteiger partial charge is 0.419 e. The minimum Gasteiger partial charge on any atom is -0.419 e. The van der Waals surface area contributed by atoms with Crippen molar-refractivity contribution >= 4 is 29.3 Å². The molecule has 0 atom stereocenters. The van der Waals surface area contributed by atoms with Crippen molar-refractivity contribution in [3.8, 4) is 11.5 Å². The normalized spacial score (nSPS) is 10.8. The van der Waals surface area contributed by atoms with E-state index in [4.69, 9.17) is 16.0 Å². The molecule has 2 aromatic carbocycles. The fourth-order valence-corrected chi connectivity index (χ4v) is 4.11. The van der Waals surface area contributed by atoms with Gasteiger partial charge >= 0.3 is 0 Å². The highest BCUT2D eigenvalue weighted by molar-refractivity contribution is 7.99. The van der Waals surface area contributed by atoms with E-state index in [-0.39, 0.29) is 12.5 Å². The Hall–Kier alpha value is -3.16. The molecule has 8 heteroatoms. The number of rotatable bonds is 8. The van der Waals surface area contributed by atoms with Crippen LogP contribution in [0.15, 0.2) is 87.3 Å². The SMILES string of the molecule is CCCN(Cc1nnc(-c2ccccc2Cl)o1)C(=O)c1ccc(Sc2ccccn2)cc1. The van der Waals surface area contributed by atoms with Gasteiger partial charge in [-0.3, -0.25) is 4.79 Å². The van der Waals surface area contributed by atoms with Gasteiger partial charge in [0.1, 0.15) is 5.03 Å². The predicted octanol–water partition coefficient (Wildman–Crippen LogP) is 5.99. The van der Waals surface area contributed by atoms with Crippen molar-refractivity contribution in [1.82, 2.24) is 20.1 Å². The maximum absolute atomic E-state index is 13.1. The molecule has 6 nitrogen and oxygen atoms in total. The second-order valence-electron chi connectivity index (χ2n) is 7.00. The number of hydrogen-bond acceptors (Lipinski definition) is 6. The molecule has 0 aliphatic rings. The summed E-state index contributed by atoms with van der Waals surface area (Å²) in [5.41, 5.74) is 1.27. The van der Waals surface area contributed by atoms with Crippen LogP contribution in [0.4, 0.5) is 0 Å². The number of benzene rings is 2. The molecule has 32 heavy (non-hydrogen) atoms. The van der Waals surface area contributed by atoms with Gasteiger partial charge in [-0.1, -0.05) is 48.5 Å². The monoisotopic (exact) mass is 464 g/mol. The average molecular weight is 465 g/mol. The molecule has 0 N–H and O–H groups in total. The molecule has 0 saturated heterocycles. The minimum atomic E-state index is -0.0845. The predicted molar refractivity (Wildman–Crippen MR) is 125 cm³/mol. The van der Waals surface area contributed by atoms with Crippen molar-refractivity contribution in [1.29, 1.82) is 0 Å². The van der Waals surface area contributed by atoms with E-state index in [2.05, 4.69) is 15.2 Å². The van der Waals surface area contributed by atoms with Crippen LogP contribution in [-0.4, -0.2) is 32.5 Å². The first kappa shape index (κ1) is 22.0. The summed E-state index contributed by atoms with van der Waals surface area (Å²) < 4.78 is 5.79. The summed E-state index contributed by atoms with van der Waals surface area (Å²) in [5, 5.41) is 9.65. The van der Waals surface area contributed by atoms with Crippen LogP contribution < -0.4 is 0 Å². The van der Waals surface area contributed by atoms with Gasteiger partial charge in [-0.2, -0.15) is 0 Å². The van der Waals surface area contributed by atoms with Crippen LogP contribution in [-0.2, 0) is 6.54 Å². The van der Waals surface area contributed by atoms with Crippen molar-refractivity contribution in [2.45, 2.75) is 29.8 Å². The maximum atomic E-state index is 13.1. The highest BCUT2D eigenvalue weighted by atomic mass is 35.5. The third-order valence-electron chi connectivity index (χ3n) is 4.64. The zero-order chi connectivity index (χ0) is 22.3. The zero-order valence-corrected chi connectivity index (χ0v) is 19.0. The molecule has 0 aliphatic heterocycles. The minimum absolute atomic E-state index is 0.0845. The molecule has 2 aromatic heterocycles. The fourth-order valence-electron chi connectivity index (χ4n) is 3.12. The summed E-state index contributed by atoms with van der Waals surface area (Å²) in [6, 6.07) is 20.6. The fraction of sp³-hybridized carbons (Fsp3) is 0.167. The second kappa shape index (κ2) is 10.4. The van der Waals surface area contributed by atoms with Gasteiger partial charge in [-0.05, 0) is 55.0 Å². The molecule has 0 bridgehead atoms. The van der Waals surface area contributed by atoms with Crippen LogP contribution in [0.25, 0.3) is 11.5 Å². The first-order valence-electron chi connectivity index (χ1n) is 10.2. The Balaban J connectivity index is 1.47. The highest BCUT2D eigenvalue weighted by Crippen LogP contribution is 2.27. The van der Waals surface area contributed by atoms with Crippen molar-refractivity contribution in [3.63, 3.8) is 0 Å². The van der Waals surface area contributed by atoms with Gasteiger partial charge in [0, 0.05) is 23.2 Å². The molecule has 4 aromatic rings. The number of nitrogens with zero attached hydrogens (tertiary/aromatic N) is 4. The molecule has 0 spiro atoms. The van der Waals surface area contributed by atoms with Gasteiger partial charge in [0.05, 0.1) is 17.1 Å². The maximum Gasteiger partial charge on any atom is 0.254 e. The molecule has 1 amide bonds. The van der Waals surface area contributed by atoms with E-state index < -0.39 is 0 Å². The van der Waals surface area contributed by atoms with Crippen molar-refractivity contribution < 1.29 is 9.21 Å². The lowest BCUT2D eigenvalue weighted by atomic mass is 10.2. The number of aromatic nitrogens is 3. The van der Waals surface area contributed by atoms with Crippen LogP contribution >= 0.6 is 23.4 Å². The summed E-state index contributed by atoms with van der Waals surface area (Å²) in [4.78, 5) is 20.2. The third-order valence-corrected chi connectivity index (χ3v) is 5.93. The highest BCUT2D eigenvalue weighted by Gasteiger charge is 2.19. The lowest BCUT2D eigenvalue weighted by Gasteiger charge is -2.20. The number of amides is 1. The average Bonchev–Trinajstić information content (AvgIpc) is 3.28. The number of carbonyl (C=O) groups excluding carboxylic acids is 1. The first-order valence-corrected chi connectivity index (χ1v) is 11.4. The van der Waals surface area contributed by atoms with E-state index in [1.165, 1.54) is 0 Å². The van der Waals surface area contributed by atoms with Crippen LogP contribution in [0.3, 0.4) is 0 Å². The number of carbonyl (C=O) groups is 1. The number of hydrogen-bond donors (Lipinski definition) is 0. The van der Waals surface area contributed by atoms with Crippen LogP contribution in [0.2, 0.25) is 5.02 Å². The molecule has 0 aliphatic carbocycles. The number of halogens is 1. The Morgan fingerprint density at radius 2 is 1.81 bits per heavy atom. The molecule has 4 rings (SSSR count).